The van der Waals surface area contributed by atoms with Gasteiger partial charge in [0.15, 0.2) is 0 Å². The highest BCUT2D eigenvalue weighted by atomic mass is 32.2. The van der Waals surface area contributed by atoms with Gasteiger partial charge in [-0.05, 0) is 37.6 Å². The van der Waals surface area contributed by atoms with E-state index in [4.69, 9.17) is 5.11 Å². The van der Waals surface area contributed by atoms with Crippen LogP contribution in [0.5, 0.6) is 0 Å². The van der Waals surface area contributed by atoms with Gasteiger partial charge in [-0.1, -0.05) is 0 Å². The summed E-state index contributed by atoms with van der Waals surface area (Å²) >= 11 is 0. The fourth-order valence-electron chi connectivity index (χ4n) is 2.45. The van der Waals surface area contributed by atoms with Crippen LogP contribution >= 0.6 is 0 Å². The number of benzene rings is 1. The van der Waals surface area contributed by atoms with Gasteiger partial charge >= 0.3 is 0 Å². The Morgan fingerprint density at radius 2 is 1.77 bits per heavy atom. The lowest BCUT2D eigenvalue weighted by atomic mass is 10.3. The molecule has 0 aliphatic carbocycles. The number of halogens is 2. The number of rotatable bonds is 6. The molecule has 0 radical (unpaired) electrons. The van der Waals surface area contributed by atoms with Gasteiger partial charge in [-0.3, -0.25) is 0 Å². The van der Waals surface area contributed by atoms with Crippen molar-refractivity contribution >= 4 is 10.0 Å². The maximum atomic E-state index is 13.7. The molecular formula is C14H20F2N2O3S. The third-order valence-electron chi connectivity index (χ3n) is 3.72. The SMILES string of the molecule is O=S(=O)(c1cc(F)ccc1F)N1CCN(CCCCO)CC1. The van der Waals surface area contributed by atoms with Crippen LogP contribution < -0.4 is 0 Å². The molecule has 0 bridgehead atoms. The van der Waals surface area contributed by atoms with Crippen LogP contribution in [0.25, 0.3) is 0 Å². The van der Waals surface area contributed by atoms with E-state index in [0.717, 1.165) is 31.2 Å². The van der Waals surface area contributed by atoms with Crippen molar-refractivity contribution in [3.8, 4) is 0 Å². The number of hydrogen-bond acceptors (Lipinski definition) is 4. The predicted molar refractivity (Wildman–Crippen MR) is 77.9 cm³/mol. The zero-order valence-electron chi connectivity index (χ0n) is 12.2. The zero-order chi connectivity index (χ0) is 16.2. The third kappa shape index (κ3) is 4.01. The second-order valence-corrected chi connectivity index (χ2v) is 7.16. The standard InChI is InChI=1S/C14H20F2N2O3S/c15-12-3-4-13(16)14(11-12)22(20,21)18-8-6-17(7-9-18)5-1-2-10-19/h3-4,11,19H,1-2,5-10H2. The largest absolute Gasteiger partial charge is 0.396 e. The molecule has 8 heteroatoms. The molecule has 0 aromatic heterocycles. The van der Waals surface area contributed by atoms with Crippen LogP contribution in [0.15, 0.2) is 23.1 Å². The first-order chi connectivity index (χ1) is 10.4. The summed E-state index contributed by atoms with van der Waals surface area (Å²) in [5, 5.41) is 8.75. The van der Waals surface area contributed by atoms with Crippen molar-refractivity contribution in [2.45, 2.75) is 17.7 Å². The molecule has 1 saturated heterocycles. The lowest BCUT2D eigenvalue weighted by Crippen LogP contribution is -2.48. The van der Waals surface area contributed by atoms with Crippen molar-refractivity contribution in [2.75, 3.05) is 39.3 Å². The molecule has 1 aliphatic heterocycles. The van der Waals surface area contributed by atoms with E-state index in [9.17, 15) is 17.2 Å². The summed E-state index contributed by atoms with van der Waals surface area (Å²) in [5.41, 5.74) is 0. The molecule has 1 N–H and O–H groups in total. The summed E-state index contributed by atoms with van der Waals surface area (Å²) < 4.78 is 52.9. The quantitative estimate of drug-likeness (QED) is 0.790. The summed E-state index contributed by atoms with van der Waals surface area (Å²) in [6.07, 6.45) is 1.56. The molecule has 2 rings (SSSR count). The molecule has 22 heavy (non-hydrogen) atoms. The van der Waals surface area contributed by atoms with Gasteiger partial charge in [0.05, 0.1) is 0 Å². The fourth-order valence-corrected chi connectivity index (χ4v) is 3.95. The minimum Gasteiger partial charge on any atom is -0.396 e. The number of nitrogens with zero attached hydrogens (tertiary/aromatic N) is 2. The van der Waals surface area contributed by atoms with Gasteiger partial charge in [-0.2, -0.15) is 4.31 Å². The van der Waals surface area contributed by atoms with Crippen molar-refractivity contribution in [2.24, 2.45) is 0 Å². The number of unbranched alkanes of at least 4 members (excludes halogenated alkanes) is 1. The molecular weight excluding hydrogens is 314 g/mol. The minimum absolute atomic E-state index is 0.146. The van der Waals surface area contributed by atoms with Gasteiger partial charge < -0.3 is 10.0 Å². The predicted octanol–water partition coefficient (Wildman–Crippen LogP) is 1.04. The Morgan fingerprint density at radius 1 is 1.09 bits per heavy atom. The van der Waals surface area contributed by atoms with E-state index in [2.05, 4.69) is 4.90 Å². The van der Waals surface area contributed by atoms with Gasteiger partial charge in [0, 0.05) is 32.8 Å². The van der Waals surface area contributed by atoms with Gasteiger partial charge in [-0.15, -0.1) is 0 Å². The molecule has 0 amide bonds. The molecule has 1 fully saturated rings. The number of hydrogen-bond donors (Lipinski definition) is 1. The van der Waals surface area contributed by atoms with Crippen molar-refractivity contribution < 1.29 is 22.3 Å². The Labute approximate surface area is 129 Å². The van der Waals surface area contributed by atoms with Gasteiger partial charge in [0.25, 0.3) is 0 Å². The van der Waals surface area contributed by atoms with Crippen molar-refractivity contribution in [1.82, 2.24) is 9.21 Å². The third-order valence-corrected chi connectivity index (χ3v) is 5.64. The molecule has 0 unspecified atom stereocenters. The van der Waals surface area contributed by atoms with E-state index in [-0.39, 0.29) is 19.7 Å². The minimum atomic E-state index is -4.01. The lowest BCUT2D eigenvalue weighted by molar-refractivity contribution is 0.179. The summed E-state index contributed by atoms with van der Waals surface area (Å²) in [7, 11) is -4.01. The second kappa shape index (κ2) is 7.45. The Hall–Kier alpha value is -1.09. The van der Waals surface area contributed by atoms with E-state index in [0.29, 0.717) is 19.5 Å². The molecule has 1 heterocycles. The fraction of sp³-hybridized carbons (Fsp3) is 0.571. The average molecular weight is 334 g/mol. The molecule has 1 aliphatic rings. The highest BCUT2D eigenvalue weighted by Crippen LogP contribution is 2.21. The monoisotopic (exact) mass is 334 g/mol. The lowest BCUT2D eigenvalue weighted by Gasteiger charge is -2.34. The topological polar surface area (TPSA) is 60.9 Å². The van der Waals surface area contributed by atoms with Crippen molar-refractivity contribution in [1.29, 1.82) is 0 Å². The van der Waals surface area contributed by atoms with Crippen molar-refractivity contribution in [3.63, 3.8) is 0 Å². The first kappa shape index (κ1) is 17.3. The Kier molecular flexibility index (Phi) is 5.85. The first-order valence-corrected chi connectivity index (χ1v) is 8.67. The number of aliphatic hydroxyl groups is 1. The Bertz CT molecular complexity index is 602. The van der Waals surface area contributed by atoms with Gasteiger partial charge in [0.2, 0.25) is 10.0 Å². The van der Waals surface area contributed by atoms with Crippen LogP contribution in [0.3, 0.4) is 0 Å². The van der Waals surface area contributed by atoms with Crippen LogP contribution in [-0.2, 0) is 10.0 Å². The summed E-state index contributed by atoms with van der Waals surface area (Å²) in [4.78, 5) is 1.49. The highest BCUT2D eigenvalue weighted by molar-refractivity contribution is 7.89. The highest BCUT2D eigenvalue weighted by Gasteiger charge is 2.30. The zero-order valence-corrected chi connectivity index (χ0v) is 13.0. The molecule has 0 saturated carbocycles. The molecule has 1 aromatic carbocycles. The Morgan fingerprint density at radius 3 is 2.41 bits per heavy atom. The normalized spacial score (nSPS) is 17.8. The van der Waals surface area contributed by atoms with E-state index in [1.807, 2.05) is 0 Å². The molecule has 124 valence electrons. The second-order valence-electron chi connectivity index (χ2n) is 5.25. The Balaban J connectivity index is 2.02. The van der Waals surface area contributed by atoms with Crippen LogP contribution in [0.1, 0.15) is 12.8 Å². The number of sulfonamides is 1. The summed E-state index contributed by atoms with van der Waals surface area (Å²) in [5.74, 6) is -1.71. The van der Waals surface area contributed by atoms with Gasteiger partial charge in [0.1, 0.15) is 16.5 Å². The first-order valence-electron chi connectivity index (χ1n) is 7.23. The average Bonchev–Trinajstić information content (AvgIpc) is 2.50. The van der Waals surface area contributed by atoms with E-state index >= 15 is 0 Å². The number of aliphatic hydroxyl groups excluding tert-OH is 1. The maximum absolute atomic E-state index is 13.7. The molecule has 5 nitrogen and oxygen atoms in total. The van der Waals surface area contributed by atoms with Crippen LogP contribution in [0, 0.1) is 11.6 Å². The van der Waals surface area contributed by atoms with Crippen LogP contribution in [0.2, 0.25) is 0 Å². The smallest absolute Gasteiger partial charge is 0.246 e. The summed E-state index contributed by atoms with van der Waals surface area (Å²) in [6.45, 7) is 2.52. The number of piperazine rings is 1. The van der Waals surface area contributed by atoms with E-state index < -0.39 is 26.6 Å². The molecule has 0 spiro atoms. The van der Waals surface area contributed by atoms with Crippen molar-refractivity contribution in [3.05, 3.63) is 29.8 Å². The van der Waals surface area contributed by atoms with Crippen LogP contribution in [0.4, 0.5) is 8.78 Å². The van der Waals surface area contributed by atoms with E-state index in [1.54, 1.807) is 0 Å². The maximum Gasteiger partial charge on any atom is 0.246 e. The van der Waals surface area contributed by atoms with E-state index in [1.165, 1.54) is 4.31 Å². The summed E-state index contributed by atoms with van der Waals surface area (Å²) in [6, 6.07) is 2.44. The van der Waals surface area contributed by atoms with Crippen LogP contribution in [-0.4, -0.2) is 62.1 Å². The molecule has 0 atom stereocenters. The molecule has 1 aromatic rings. The van der Waals surface area contributed by atoms with Gasteiger partial charge in [-0.25, -0.2) is 17.2 Å².